The fourth-order valence-electron chi connectivity index (χ4n) is 0.861. The maximum absolute atomic E-state index is 11.1. The zero-order chi connectivity index (χ0) is 8.43. The van der Waals surface area contributed by atoms with Crippen LogP contribution in [0.4, 0.5) is 0 Å². The molecule has 0 bridgehead atoms. The molecule has 0 aliphatic rings. The van der Waals surface area contributed by atoms with E-state index in [2.05, 4.69) is 0 Å². The Hall–Kier alpha value is -0.340. The van der Waals surface area contributed by atoms with E-state index in [1.54, 1.807) is 11.3 Å². The summed E-state index contributed by atoms with van der Waals surface area (Å²) in [6, 6.07) is 0. The highest BCUT2D eigenvalue weighted by atomic mass is 35.5. The van der Waals surface area contributed by atoms with E-state index in [1.807, 2.05) is 19.2 Å². The molecular formula is C8H9ClOS. The minimum Gasteiger partial charge on any atom is -0.293 e. The molecule has 0 amide bonds. The first kappa shape index (κ1) is 8.75. The van der Waals surface area contributed by atoms with Crippen LogP contribution in [0.5, 0.6) is 0 Å². The number of carbonyl (C=O) groups excluding carboxylic acids is 1. The number of carbonyl (C=O) groups is 1. The van der Waals surface area contributed by atoms with Crippen LogP contribution in [0.25, 0.3) is 0 Å². The number of Topliss-reactive ketones (excluding diaryl/α,β-unsaturated/α-hetero) is 1. The van der Waals surface area contributed by atoms with Crippen LogP contribution in [0.15, 0.2) is 5.38 Å². The van der Waals surface area contributed by atoms with Crippen molar-refractivity contribution in [2.45, 2.75) is 13.8 Å². The second-order valence-corrected chi connectivity index (χ2v) is 3.74. The van der Waals surface area contributed by atoms with Gasteiger partial charge in [0.1, 0.15) is 0 Å². The first-order valence-electron chi connectivity index (χ1n) is 3.30. The number of halogens is 1. The summed E-state index contributed by atoms with van der Waals surface area (Å²) in [7, 11) is 0. The highest BCUT2D eigenvalue weighted by molar-refractivity contribution is 7.10. The molecule has 0 aromatic carbocycles. The minimum atomic E-state index is 0.0218. The van der Waals surface area contributed by atoms with Gasteiger partial charge in [0.05, 0.1) is 5.88 Å². The third-order valence-electron chi connectivity index (χ3n) is 1.71. The van der Waals surface area contributed by atoms with E-state index < -0.39 is 0 Å². The van der Waals surface area contributed by atoms with Crippen molar-refractivity contribution < 1.29 is 4.79 Å². The van der Waals surface area contributed by atoms with E-state index in [-0.39, 0.29) is 11.7 Å². The molecule has 0 saturated heterocycles. The van der Waals surface area contributed by atoms with Crippen molar-refractivity contribution in [1.82, 2.24) is 0 Å². The van der Waals surface area contributed by atoms with Crippen LogP contribution in [0.1, 0.15) is 20.8 Å². The molecule has 1 aromatic rings. The topological polar surface area (TPSA) is 17.1 Å². The molecule has 0 aliphatic heterocycles. The van der Waals surface area contributed by atoms with Gasteiger partial charge in [-0.05, 0) is 19.4 Å². The summed E-state index contributed by atoms with van der Waals surface area (Å²) in [4.78, 5) is 12.3. The minimum absolute atomic E-state index is 0.0218. The van der Waals surface area contributed by atoms with Crippen molar-refractivity contribution in [2.75, 3.05) is 5.88 Å². The standard InChI is InChI=1S/C8H9ClOS/c1-5-6(2)11-4-7(5)8(10)3-9/h4H,3H2,1-2H3. The second-order valence-electron chi connectivity index (χ2n) is 2.39. The van der Waals surface area contributed by atoms with Crippen LogP contribution in [-0.4, -0.2) is 11.7 Å². The van der Waals surface area contributed by atoms with E-state index >= 15 is 0 Å². The number of ketones is 1. The lowest BCUT2D eigenvalue weighted by Crippen LogP contribution is -2.00. The summed E-state index contributed by atoms with van der Waals surface area (Å²) < 4.78 is 0. The SMILES string of the molecule is Cc1scc(C(=O)CCl)c1C. The first-order valence-corrected chi connectivity index (χ1v) is 4.72. The predicted molar refractivity (Wildman–Crippen MR) is 48.8 cm³/mol. The van der Waals surface area contributed by atoms with Crippen molar-refractivity contribution >= 4 is 28.7 Å². The monoisotopic (exact) mass is 188 g/mol. The Morgan fingerprint density at radius 1 is 1.64 bits per heavy atom. The lowest BCUT2D eigenvalue weighted by Gasteiger charge is -1.93. The summed E-state index contributed by atoms with van der Waals surface area (Å²) >= 11 is 7.02. The Kier molecular flexibility index (Phi) is 2.68. The molecule has 0 radical (unpaired) electrons. The third kappa shape index (κ3) is 1.63. The lowest BCUT2D eigenvalue weighted by atomic mass is 10.1. The third-order valence-corrected chi connectivity index (χ3v) is 2.96. The number of rotatable bonds is 2. The molecule has 0 spiro atoms. The molecule has 1 rings (SSSR count). The van der Waals surface area contributed by atoms with Gasteiger partial charge in [0.15, 0.2) is 5.78 Å². The zero-order valence-corrected chi connectivity index (χ0v) is 8.05. The van der Waals surface area contributed by atoms with E-state index in [1.165, 1.54) is 4.88 Å². The van der Waals surface area contributed by atoms with Crippen molar-refractivity contribution in [3.05, 3.63) is 21.4 Å². The van der Waals surface area contributed by atoms with Gasteiger partial charge in [-0.1, -0.05) is 0 Å². The van der Waals surface area contributed by atoms with E-state index in [0.717, 1.165) is 11.1 Å². The molecule has 0 atom stereocenters. The average molecular weight is 189 g/mol. The van der Waals surface area contributed by atoms with E-state index in [4.69, 9.17) is 11.6 Å². The Balaban J connectivity index is 3.04. The van der Waals surface area contributed by atoms with Crippen molar-refractivity contribution in [3.8, 4) is 0 Å². The van der Waals surface area contributed by atoms with Crippen LogP contribution >= 0.6 is 22.9 Å². The molecule has 3 heteroatoms. The fraction of sp³-hybridized carbons (Fsp3) is 0.375. The number of aryl methyl sites for hydroxylation is 1. The average Bonchev–Trinajstić information content (AvgIpc) is 2.32. The van der Waals surface area contributed by atoms with Crippen LogP contribution in [-0.2, 0) is 0 Å². The molecule has 1 aromatic heterocycles. The van der Waals surface area contributed by atoms with Crippen molar-refractivity contribution in [3.63, 3.8) is 0 Å². The molecule has 0 aliphatic carbocycles. The van der Waals surface area contributed by atoms with Gasteiger partial charge in [0.25, 0.3) is 0 Å². The van der Waals surface area contributed by atoms with Gasteiger partial charge >= 0.3 is 0 Å². The molecular weight excluding hydrogens is 180 g/mol. The maximum atomic E-state index is 11.1. The van der Waals surface area contributed by atoms with Crippen molar-refractivity contribution in [2.24, 2.45) is 0 Å². The Bertz CT molecular complexity index is 278. The van der Waals surface area contributed by atoms with Gasteiger partial charge in [-0.25, -0.2) is 0 Å². The van der Waals surface area contributed by atoms with Gasteiger partial charge in [0, 0.05) is 15.8 Å². The number of hydrogen-bond acceptors (Lipinski definition) is 2. The van der Waals surface area contributed by atoms with Crippen LogP contribution in [0.3, 0.4) is 0 Å². The summed E-state index contributed by atoms with van der Waals surface area (Å²) in [5.41, 5.74) is 1.85. The molecule has 1 nitrogen and oxygen atoms in total. The van der Waals surface area contributed by atoms with E-state index in [9.17, 15) is 4.79 Å². The lowest BCUT2D eigenvalue weighted by molar-refractivity contribution is 0.102. The van der Waals surface area contributed by atoms with Gasteiger partial charge in [0.2, 0.25) is 0 Å². The first-order chi connectivity index (χ1) is 5.16. The highest BCUT2D eigenvalue weighted by Crippen LogP contribution is 2.20. The largest absolute Gasteiger partial charge is 0.293 e. The molecule has 0 saturated carbocycles. The number of hydrogen-bond donors (Lipinski definition) is 0. The molecule has 0 N–H and O–H groups in total. The summed E-state index contributed by atoms with van der Waals surface area (Å²) in [6.07, 6.45) is 0. The number of alkyl halides is 1. The molecule has 0 unspecified atom stereocenters. The quantitative estimate of drug-likeness (QED) is 0.515. The molecule has 1 heterocycles. The summed E-state index contributed by atoms with van der Waals surface area (Å²) in [6.45, 7) is 3.95. The van der Waals surface area contributed by atoms with Gasteiger partial charge in [-0.3, -0.25) is 4.79 Å². The second kappa shape index (κ2) is 3.37. The maximum Gasteiger partial charge on any atom is 0.178 e. The summed E-state index contributed by atoms with van der Waals surface area (Å²) in [5, 5.41) is 1.87. The van der Waals surface area contributed by atoms with E-state index in [0.29, 0.717) is 0 Å². The zero-order valence-electron chi connectivity index (χ0n) is 6.48. The van der Waals surface area contributed by atoms with Crippen LogP contribution in [0.2, 0.25) is 0 Å². The van der Waals surface area contributed by atoms with Gasteiger partial charge < -0.3 is 0 Å². The highest BCUT2D eigenvalue weighted by Gasteiger charge is 2.10. The van der Waals surface area contributed by atoms with Crippen molar-refractivity contribution in [1.29, 1.82) is 0 Å². The molecule has 60 valence electrons. The fourth-order valence-corrected chi connectivity index (χ4v) is 1.89. The molecule has 11 heavy (non-hydrogen) atoms. The molecule has 0 fully saturated rings. The van der Waals surface area contributed by atoms with Gasteiger partial charge in [-0.15, -0.1) is 22.9 Å². The van der Waals surface area contributed by atoms with Gasteiger partial charge in [-0.2, -0.15) is 0 Å². The Labute approximate surface area is 75.0 Å². The summed E-state index contributed by atoms with van der Waals surface area (Å²) in [5.74, 6) is 0.102. The Morgan fingerprint density at radius 2 is 2.27 bits per heavy atom. The van der Waals surface area contributed by atoms with Crippen LogP contribution < -0.4 is 0 Å². The smallest absolute Gasteiger partial charge is 0.178 e. The van der Waals surface area contributed by atoms with Crippen LogP contribution in [0, 0.1) is 13.8 Å². The number of thiophene rings is 1. The Morgan fingerprint density at radius 3 is 2.64 bits per heavy atom. The normalized spacial score (nSPS) is 10.1. The predicted octanol–water partition coefficient (Wildman–Crippen LogP) is 2.79.